The van der Waals surface area contributed by atoms with E-state index in [1.807, 2.05) is 0 Å². The Labute approximate surface area is 109 Å². The van der Waals surface area contributed by atoms with Crippen molar-refractivity contribution >= 4 is 35.1 Å². The maximum Gasteiger partial charge on any atom is 0.341 e. The number of carbonyl (C=O) groups excluding carboxylic acids is 2. The van der Waals surface area contributed by atoms with Crippen molar-refractivity contribution in [2.24, 2.45) is 0 Å². The zero-order valence-corrected chi connectivity index (χ0v) is 10.6. The number of amides is 1. The van der Waals surface area contributed by atoms with Gasteiger partial charge in [0.05, 0.1) is 15.6 Å². The quantitative estimate of drug-likeness (QED) is 0.858. The van der Waals surface area contributed by atoms with Gasteiger partial charge in [-0.1, -0.05) is 29.3 Å². The Kier molecular flexibility index (Phi) is 5.25. The molecular formula is C11H11Cl2NO3. The first-order chi connectivity index (χ1) is 8.06. The van der Waals surface area contributed by atoms with Crippen LogP contribution < -0.4 is 5.32 Å². The molecule has 1 rings (SSSR count). The molecule has 0 radical (unpaired) electrons. The number of ether oxygens (including phenoxy) is 1. The Hall–Kier alpha value is -1.26. The highest BCUT2D eigenvalue weighted by Crippen LogP contribution is 2.24. The third kappa shape index (κ3) is 3.91. The summed E-state index contributed by atoms with van der Waals surface area (Å²) in [7, 11) is 0. The number of hydrogen-bond acceptors (Lipinski definition) is 3. The fourth-order valence-corrected chi connectivity index (χ4v) is 1.70. The van der Waals surface area contributed by atoms with Crippen molar-refractivity contribution in [1.29, 1.82) is 0 Å². The van der Waals surface area contributed by atoms with E-state index in [9.17, 15) is 9.59 Å². The Bertz CT molecular complexity index is 414. The number of halogens is 2. The molecule has 1 aromatic carbocycles. The minimum atomic E-state index is -0.716. The SMILES string of the molecule is CCNC(=O)COC(=O)c1c(Cl)cccc1Cl. The van der Waals surface area contributed by atoms with Crippen molar-refractivity contribution < 1.29 is 14.3 Å². The number of carbonyl (C=O) groups is 2. The molecule has 0 aromatic heterocycles. The molecule has 0 fully saturated rings. The first-order valence-electron chi connectivity index (χ1n) is 4.94. The lowest BCUT2D eigenvalue weighted by atomic mass is 10.2. The van der Waals surface area contributed by atoms with Gasteiger partial charge >= 0.3 is 5.97 Å². The fourth-order valence-electron chi connectivity index (χ4n) is 1.14. The van der Waals surface area contributed by atoms with Crippen LogP contribution in [-0.4, -0.2) is 25.0 Å². The van der Waals surface area contributed by atoms with E-state index in [4.69, 9.17) is 27.9 Å². The smallest absolute Gasteiger partial charge is 0.341 e. The van der Waals surface area contributed by atoms with Gasteiger partial charge in [0.15, 0.2) is 6.61 Å². The van der Waals surface area contributed by atoms with Gasteiger partial charge in [-0.2, -0.15) is 0 Å². The van der Waals surface area contributed by atoms with Crippen LogP contribution in [0.25, 0.3) is 0 Å². The van der Waals surface area contributed by atoms with Gasteiger partial charge in [-0.15, -0.1) is 0 Å². The molecule has 0 aliphatic rings. The van der Waals surface area contributed by atoms with Crippen LogP contribution in [0.3, 0.4) is 0 Å². The van der Waals surface area contributed by atoms with Crippen molar-refractivity contribution in [2.45, 2.75) is 6.92 Å². The van der Waals surface area contributed by atoms with E-state index in [0.29, 0.717) is 6.54 Å². The van der Waals surface area contributed by atoms with E-state index < -0.39 is 5.97 Å². The maximum absolute atomic E-state index is 11.6. The van der Waals surface area contributed by atoms with Crippen LogP contribution in [0.5, 0.6) is 0 Å². The normalized spacial score (nSPS) is 9.82. The zero-order chi connectivity index (χ0) is 12.8. The fraction of sp³-hybridized carbons (Fsp3) is 0.273. The molecule has 0 saturated carbocycles. The average molecular weight is 276 g/mol. The zero-order valence-electron chi connectivity index (χ0n) is 9.13. The summed E-state index contributed by atoms with van der Waals surface area (Å²) < 4.78 is 4.78. The second kappa shape index (κ2) is 6.47. The van der Waals surface area contributed by atoms with E-state index >= 15 is 0 Å². The summed E-state index contributed by atoms with van der Waals surface area (Å²) in [4.78, 5) is 22.7. The molecule has 0 bridgehead atoms. The van der Waals surface area contributed by atoms with Crippen molar-refractivity contribution in [3.8, 4) is 0 Å². The van der Waals surface area contributed by atoms with Gasteiger partial charge < -0.3 is 10.1 Å². The Morgan fingerprint density at radius 2 is 1.88 bits per heavy atom. The first-order valence-corrected chi connectivity index (χ1v) is 5.69. The van der Waals surface area contributed by atoms with Crippen LogP contribution in [0.4, 0.5) is 0 Å². The van der Waals surface area contributed by atoms with Gasteiger partial charge in [0.2, 0.25) is 0 Å². The van der Waals surface area contributed by atoms with E-state index in [-0.39, 0.29) is 28.1 Å². The molecular weight excluding hydrogens is 265 g/mol. The lowest BCUT2D eigenvalue weighted by molar-refractivity contribution is -0.124. The standard InChI is InChI=1S/C11H11Cl2NO3/c1-2-14-9(15)6-17-11(16)10-7(12)4-3-5-8(10)13/h3-5H,2,6H2,1H3,(H,14,15). The molecule has 92 valence electrons. The van der Waals surface area contributed by atoms with E-state index in [0.717, 1.165) is 0 Å². The summed E-state index contributed by atoms with van der Waals surface area (Å²) >= 11 is 11.6. The molecule has 1 N–H and O–H groups in total. The predicted octanol–water partition coefficient (Wildman–Crippen LogP) is 2.29. The number of nitrogens with one attached hydrogen (secondary N) is 1. The minimum Gasteiger partial charge on any atom is -0.452 e. The van der Waals surface area contributed by atoms with Crippen LogP contribution in [0.15, 0.2) is 18.2 Å². The lowest BCUT2D eigenvalue weighted by Crippen LogP contribution is -2.28. The van der Waals surface area contributed by atoms with Crippen molar-refractivity contribution in [3.63, 3.8) is 0 Å². The molecule has 1 aromatic rings. The monoisotopic (exact) mass is 275 g/mol. The van der Waals surface area contributed by atoms with Gasteiger partial charge in [-0.3, -0.25) is 4.79 Å². The number of rotatable bonds is 4. The third-order valence-corrected chi connectivity index (χ3v) is 2.51. The number of benzene rings is 1. The van der Waals surface area contributed by atoms with Gasteiger partial charge in [-0.25, -0.2) is 4.79 Å². The molecule has 17 heavy (non-hydrogen) atoms. The van der Waals surface area contributed by atoms with Gasteiger partial charge in [0, 0.05) is 6.54 Å². The lowest BCUT2D eigenvalue weighted by Gasteiger charge is -2.07. The highest BCUT2D eigenvalue weighted by Gasteiger charge is 2.16. The Morgan fingerprint density at radius 1 is 1.29 bits per heavy atom. The van der Waals surface area contributed by atoms with Crippen LogP contribution >= 0.6 is 23.2 Å². The molecule has 0 atom stereocenters. The summed E-state index contributed by atoms with van der Waals surface area (Å²) in [5.41, 5.74) is 0.0696. The highest BCUT2D eigenvalue weighted by molar-refractivity contribution is 6.39. The Morgan fingerprint density at radius 3 is 2.41 bits per heavy atom. The highest BCUT2D eigenvalue weighted by atomic mass is 35.5. The molecule has 0 aliphatic carbocycles. The molecule has 0 unspecified atom stereocenters. The van der Waals surface area contributed by atoms with Crippen LogP contribution in [0, 0.1) is 0 Å². The second-order valence-corrected chi connectivity index (χ2v) is 3.94. The van der Waals surface area contributed by atoms with Crippen molar-refractivity contribution in [3.05, 3.63) is 33.8 Å². The molecule has 0 saturated heterocycles. The largest absolute Gasteiger partial charge is 0.452 e. The third-order valence-electron chi connectivity index (χ3n) is 1.88. The van der Waals surface area contributed by atoms with Crippen molar-refractivity contribution in [1.82, 2.24) is 5.32 Å². The van der Waals surface area contributed by atoms with Gasteiger partial charge in [-0.05, 0) is 19.1 Å². The first kappa shape index (κ1) is 13.8. The van der Waals surface area contributed by atoms with Crippen LogP contribution in [0.2, 0.25) is 10.0 Å². The van der Waals surface area contributed by atoms with E-state index in [2.05, 4.69) is 5.32 Å². The molecule has 6 heteroatoms. The summed E-state index contributed by atoms with van der Waals surface area (Å²) in [5.74, 6) is -1.09. The summed E-state index contributed by atoms with van der Waals surface area (Å²) in [6, 6.07) is 4.66. The summed E-state index contributed by atoms with van der Waals surface area (Å²) in [6.45, 7) is 1.89. The van der Waals surface area contributed by atoms with Crippen LogP contribution in [0.1, 0.15) is 17.3 Å². The van der Waals surface area contributed by atoms with Gasteiger partial charge in [0.1, 0.15) is 0 Å². The van der Waals surface area contributed by atoms with Gasteiger partial charge in [0.25, 0.3) is 5.91 Å². The Balaban J connectivity index is 2.68. The molecule has 4 nitrogen and oxygen atoms in total. The summed E-state index contributed by atoms with van der Waals surface area (Å²) in [5, 5.41) is 2.89. The molecule has 0 spiro atoms. The predicted molar refractivity (Wildman–Crippen MR) is 65.4 cm³/mol. The molecule has 0 heterocycles. The number of esters is 1. The molecule has 0 aliphatic heterocycles. The van der Waals surface area contributed by atoms with E-state index in [1.165, 1.54) is 12.1 Å². The summed E-state index contributed by atoms with van der Waals surface area (Å²) in [6.07, 6.45) is 0. The molecule has 1 amide bonds. The maximum atomic E-state index is 11.6. The minimum absolute atomic E-state index is 0.0696. The number of likely N-dealkylation sites (N-methyl/N-ethyl adjacent to an activating group) is 1. The van der Waals surface area contributed by atoms with Crippen LogP contribution in [-0.2, 0) is 9.53 Å². The van der Waals surface area contributed by atoms with Crippen molar-refractivity contribution in [2.75, 3.05) is 13.2 Å². The number of hydrogen-bond donors (Lipinski definition) is 1. The average Bonchev–Trinajstić information content (AvgIpc) is 2.26. The second-order valence-electron chi connectivity index (χ2n) is 3.13. The van der Waals surface area contributed by atoms with E-state index in [1.54, 1.807) is 13.0 Å². The topological polar surface area (TPSA) is 55.4 Å².